The number of carbonyl (C=O) groups is 1. The van der Waals surface area contributed by atoms with E-state index in [0.29, 0.717) is 11.7 Å². The number of amidine groups is 1. The molecular formula is C14H19N3OS. The zero-order chi connectivity index (χ0) is 13.8. The van der Waals surface area contributed by atoms with E-state index in [0.717, 1.165) is 24.0 Å². The fourth-order valence-electron chi connectivity index (χ4n) is 2.05. The third kappa shape index (κ3) is 3.16. The van der Waals surface area contributed by atoms with Crippen molar-refractivity contribution in [1.29, 1.82) is 0 Å². The van der Waals surface area contributed by atoms with Crippen LogP contribution in [0.25, 0.3) is 0 Å². The zero-order valence-electron chi connectivity index (χ0n) is 11.3. The lowest BCUT2D eigenvalue weighted by Gasteiger charge is -2.18. The van der Waals surface area contributed by atoms with Crippen LogP contribution in [0.2, 0.25) is 0 Å². The molecule has 0 aliphatic carbocycles. The second-order valence-corrected chi connectivity index (χ2v) is 5.76. The monoisotopic (exact) mass is 277 g/mol. The largest absolute Gasteiger partial charge is 0.317 e. The van der Waals surface area contributed by atoms with Crippen LogP contribution in [0, 0.1) is 0 Å². The highest BCUT2D eigenvalue weighted by Crippen LogP contribution is 2.21. The van der Waals surface area contributed by atoms with Crippen molar-refractivity contribution >= 4 is 22.8 Å². The Kier molecular flexibility index (Phi) is 4.61. The molecule has 0 aromatic heterocycles. The summed E-state index contributed by atoms with van der Waals surface area (Å²) < 4.78 is 0. The van der Waals surface area contributed by atoms with Crippen molar-refractivity contribution in [2.75, 3.05) is 13.6 Å². The molecule has 1 aromatic carbocycles. The van der Waals surface area contributed by atoms with Crippen molar-refractivity contribution in [1.82, 2.24) is 4.90 Å². The van der Waals surface area contributed by atoms with Crippen molar-refractivity contribution in [2.45, 2.75) is 25.1 Å². The summed E-state index contributed by atoms with van der Waals surface area (Å²) in [5.74, 6) is -0.00981. The molecule has 4 nitrogen and oxygen atoms in total. The lowest BCUT2D eigenvalue weighted by Crippen LogP contribution is -2.32. The van der Waals surface area contributed by atoms with Crippen LogP contribution in [0.4, 0.5) is 0 Å². The number of nitrogens with zero attached hydrogens (tertiary/aromatic N) is 2. The molecule has 1 aliphatic rings. The summed E-state index contributed by atoms with van der Waals surface area (Å²) >= 11 is 1.45. The van der Waals surface area contributed by atoms with E-state index in [2.05, 4.69) is 11.9 Å². The van der Waals surface area contributed by atoms with E-state index in [4.69, 9.17) is 5.73 Å². The van der Waals surface area contributed by atoms with Crippen LogP contribution in [-0.2, 0) is 6.42 Å². The van der Waals surface area contributed by atoms with E-state index in [9.17, 15) is 4.79 Å². The molecule has 102 valence electrons. The van der Waals surface area contributed by atoms with E-state index < -0.39 is 0 Å². The van der Waals surface area contributed by atoms with Gasteiger partial charge < -0.3 is 5.73 Å². The number of rotatable bonds is 3. The van der Waals surface area contributed by atoms with Crippen LogP contribution in [0.15, 0.2) is 29.3 Å². The first-order chi connectivity index (χ1) is 9.13. The first-order valence-electron chi connectivity index (χ1n) is 6.46. The molecule has 2 N–H and O–H groups in total. The van der Waals surface area contributed by atoms with Gasteiger partial charge in [-0.25, -0.2) is 0 Å². The molecule has 1 amide bonds. The van der Waals surface area contributed by atoms with Crippen LogP contribution >= 0.6 is 11.8 Å². The maximum atomic E-state index is 12.5. The SMILES string of the molecule is CCCc1ccccc1C(=O)N(C)C1=NCC(N)S1. The number of carbonyl (C=O) groups excluding carboxylic acids is 1. The molecule has 1 unspecified atom stereocenters. The Morgan fingerprint density at radius 1 is 1.53 bits per heavy atom. The molecule has 5 heteroatoms. The molecule has 2 rings (SSSR count). The first kappa shape index (κ1) is 14.1. The summed E-state index contributed by atoms with van der Waals surface area (Å²) in [6.07, 6.45) is 1.93. The number of benzene rings is 1. The fraction of sp³-hybridized carbons (Fsp3) is 0.429. The Balaban J connectivity index is 2.19. The zero-order valence-corrected chi connectivity index (χ0v) is 12.1. The minimum Gasteiger partial charge on any atom is -0.317 e. The molecule has 1 aromatic rings. The highest BCUT2D eigenvalue weighted by atomic mass is 32.2. The van der Waals surface area contributed by atoms with Gasteiger partial charge in [0.25, 0.3) is 5.91 Å². The maximum Gasteiger partial charge on any atom is 0.259 e. The second kappa shape index (κ2) is 6.21. The summed E-state index contributed by atoms with van der Waals surface area (Å²) in [7, 11) is 1.76. The van der Waals surface area contributed by atoms with Crippen molar-refractivity contribution in [3.63, 3.8) is 0 Å². The van der Waals surface area contributed by atoms with Crippen LogP contribution in [0.5, 0.6) is 0 Å². The van der Waals surface area contributed by atoms with Gasteiger partial charge in [-0.2, -0.15) is 0 Å². The highest BCUT2D eigenvalue weighted by Gasteiger charge is 2.24. The summed E-state index contributed by atoms with van der Waals surface area (Å²) in [5, 5.41) is 0.680. The predicted molar refractivity (Wildman–Crippen MR) is 80.4 cm³/mol. The molecule has 0 radical (unpaired) electrons. The van der Waals surface area contributed by atoms with Crippen LogP contribution < -0.4 is 5.73 Å². The number of hydrogen-bond donors (Lipinski definition) is 1. The van der Waals surface area contributed by atoms with Crippen LogP contribution in [0.3, 0.4) is 0 Å². The lowest BCUT2D eigenvalue weighted by molar-refractivity contribution is 0.0872. The Morgan fingerprint density at radius 3 is 2.89 bits per heavy atom. The lowest BCUT2D eigenvalue weighted by atomic mass is 10.0. The van der Waals surface area contributed by atoms with Gasteiger partial charge in [0.05, 0.1) is 11.9 Å². The third-order valence-corrected chi connectivity index (χ3v) is 4.09. The predicted octanol–water partition coefficient (Wildman–Crippen LogP) is 2.10. The van der Waals surface area contributed by atoms with E-state index in [-0.39, 0.29) is 11.3 Å². The summed E-state index contributed by atoms with van der Waals surface area (Å²) in [6.45, 7) is 2.69. The average molecular weight is 277 g/mol. The summed E-state index contributed by atoms with van der Waals surface area (Å²) in [5.41, 5.74) is 7.64. The van der Waals surface area contributed by atoms with Gasteiger partial charge in [0, 0.05) is 12.6 Å². The van der Waals surface area contributed by atoms with E-state index >= 15 is 0 Å². The topological polar surface area (TPSA) is 58.7 Å². The molecule has 0 bridgehead atoms. The van der Waals surface area contributed by atoms with Gasteiger partial charge >= 0.3 is 0 Å². The Hall–Kier alpha value is -1.33. The number of aliphatic imine (C=N–C) groups is 1. The molecule has 0 saturated carbocycles. The Bertz CT molecular complexity index is 501. The van der Waals surface area contributed by atoms with Gasteiger partial charge in [0.2, 0.25) is 0 Å². The van der Waals surface area contributed by atoms with Crippen LogP contribution in [-0.4, -0.2) is 34.9 Å². The standard InChI is InChI=1S/C14H19N3OS/c1-3-6-10-7-4-5-8-11(10)13(18)17(2)14-16-9-12(15)19-14/h4-5,7-8,12H,3,6,9,15H2,1-2H3. The molecule has 1 aliphatic heterocycles. The maximum absolute atomic E-state index is 12.5. The Labute approximate surface area is 118 Å². The number of aryl methyl sites for hydroxylation is 1. The summed E-state index contributed by atoms with van der Waals surface area (Å²) in [6, 6.07) is 7.76. The molecule has 0 spiro atoms. The van der Waals surface area contributed by atoms with Crippen molar-refractivity contribution in [3.05, 3.63) is 35.4 Å². The first-order valence-corrected chi connectivity index (χ1v) is 7.34. The molecule has 0 saturated heterocycles. The number of hydrogen-bond acceptors (Lipinski definition) is 4. The third-order valence-electron chi connectivity index (χ3n) is 3.02. The van der Waals surface area contributed by atoms with Crippen molar-refractivity contribution in [2.24, 2.45) is 10.7 Å². The van der Waals surface area contributed by atoms with Gasteiger partial charge in [0.1, 0.15) is 0 Å². The second-order valence-electron chi connectivity index (χ2n) is 4.55. The van der Waals surface area contributed by atoms with Gasteiger partial charge in [-0.1, -0.05) is 43.3 Å². The number of thioether (sulfide) groups is 1. The minimum atomic E-state index is -0.0314. The van der Waals surface area contributed by atoms with E-state index in [1.165, 1.54) is 11.8 Å². The highest BCUT2D eigenvalue weighted by molar-refractivity contribution is 8.14. The van der Waals surface area contributed by atoms with Crippen molar-refractivity contribution < 1.29 is 4.79 Å². The number of nitrogens with two attached hydrogens (primary N) is 1. The quantitative estimate of drug-likeness (QED) is 0.920. The van der Waals surface area contributed by atoms with E-state index in [1.807, 2.05) is 24.3 Å². The number of amides is 1. The normalized spacial score (nSPS) is 18.3. The smallest absolute Gasteiger partial charge is 0.259 e. The average Bonchev–Trinajstić information content (AvgIpc) is 2.85. The van der Waals surface area contributed by atoms with E-state index in [1.54, 1.807) is 11.9 Å². The molecule has 0 fully saturated rings. The summed E-state index contributed by atoms with van der Waals surface area (Å²) in [4.78, 5) is 18.4. The van der Waals surface area contributed by atoms with Gasteiger partial charge in [-0.15, -0.1) is 0 Å². The minimum absolute atomic E-state index is 0.00981. The van der Waals surface area contributed by atoms with Gasteiger partial charge in [-0.3, -0.25) is 14.7 Å². The van der Waals surface area contributed by atoms with Crippen LogP contribution in [0.1, 0.15) is 29.3 Å². The fourth-order valence-corrected chi connectivity index (χ4v) is 2.86. The Morgan fingerprint density at radius 2 is 2.26 bits per heavy atom. The molecule has 1 atom stereocenters. The van der Waals surface area contributed by atoms with Gasteiger partial charge in [-0.05, 0) is 18.1 Å². The van der Waals surface area contributed by atoms with Gasteiger partial charge in [0.15, 0.2) is 5.17 Å². The molecule has 1 heterocycles. The molecule has 19 heavy (non-hydrogen) atoms. The molecular weight excluding hydrogens is 258 g/mol. The van der Waals surface area contributed by atoms with Crippen molar-refractivity contribution in [3.8, 4) is 0 Å².